The van der Waals surface area contributed by atoms with Crippen LogP contribution in [-0.2, 0) is 14.2 Å². The predicted molar refractivity (Wildman–Crippen MR) is 111 cm³/mol. The van der Waals surface area contributed by atoms with Gasteiger partial charge in [-0.15, -0.1) is 0 Å². The average molecular weight is 403 g/mol. The predicted octanol–water partition coefficient (Wildman–Crippen LogP) is 3.63. The molecule has 0 amide bonds. The summed E-state index contributed by atoms with van der Waals surface area (Å²) in [6, 6.07) is 1.50. The van der Waals surface area contributed by atoms with Crippen LogP contribution in [0.25, 0.3) is 5.57 Å². The van der Waals surface area contributed by atoms with Crippen LogP contribution in [0.1, 0.15) is 48.8 Å². The van der Waals surface area contributed by atoms with Gasteiger partial charge in [-0.3, -0.25) is 4.79 Å². The van der Waals surface area contributed by atoms with Gasteiger partial charge in [0, 0.05) is 31.1 Å². The van der Waals surface area contributed by atoms with Gasteiger partial charge in [-0.1, -0.05) is 20.4 Å². The lowest BCUT2D eigenvalue weighted by Gasteiger charge is -2.33. The number of methoxy groups -OCH3 is 2. The molecule has 1 atom stereocenters. The van der Waals surface area contributed by atoms with E-state index >= 15 is 0 Å². The smallest absolute Gasteiger partial charge is 0.341 e. The van der Waals surface area contributed by atoms with E-state index < -0.39 is 11.4 Å². The van der Waals surface area contributed by atoms with Gasteiger partial charge in [0.2, 0.25) is 0 Å². The summed E-state index contributed by atoms with van der Waals surface area (Å²) in [5.74, 6) is 0.0226. The number of rotatable bonds is 9. The highest BCUT2D eigenvalue weighted by atomic mass is 16.5. The lowest BCUT2D eigenvalue weighted by atomic mass is 9.89. The molecular weight excluding hydrogens is 374 g/mol. The number of fused-ring (bicyclic) bond motifs is 1. The van der Waals surface area contributed by atoms with E-state index in [4.69, 9.17) is 14.2 Å². The van der Waals surface area contributed by atoms with Crippen LogP contribution in [0.4, 0.5) is 0 Å². The maximum Gasteiger partial charge on any atom is 0.341 e. The van der Waals surface area contributed by atoms with E-state index in [1.165, 1.54) is 19.4 Å². The highest BCUT2D eigenvalue weighted by Gasteiger charge is 2.27. The first-order chi connectivity index (χ1) is 13.8. The van der Waals surface area contributed by atoms with Crippen LogP contribution in [0.3, 0.4) is 0 Å². The van der Waals surface area contributed by atoms with Crippen LogP contribution >= 0.6 is 0 Å². The van der Waals surface area contributed by atoms with Crippen LogP contribution in [0.5, 0.6) is 0 Å². The highest BCUT2D eigenvalue weighted by Crippen LogP contribution is 2.37. The molecule has 0 fully saturated rings. The number of aromatic carboxylic acids is 1. The summed E-state index contributed by atoms with van der Waals surface area (Å²) >= 11 is 0. The fourth-order valence-corrected chi connectivity index (χ4v) is 3.47. The molecule has 7 heteroatoms. The first kappa shape index (κ1) is 22.5. The van der Waals surface area contributed by atoms with Gasteiger partial charge in [0.1, 0.15) is 12.2 Å². The third-order valence-corrected chi connectivity index (χ3v) is 4.97. The second-order valence-electron chi connectivity index (χ2n) is 7.15. The fourth-order valence-electron chi connectivity index (χ4n) is 3.47. The van der Waals surface area contributed by atoms with Gasteiger partial charge in [0.25, 0.3) is 0 Å². The largest absolute Gasteiger partial charge is 0.493 e. The molecule has 0 aliphatic carbocycles. The quantitative estimate of drug-likeness (QED) is 0.385. The number of pyridine rings is 1. The van der Waals surface area contributed by atoms with Gasteiger partial charge >= 0.3 is 5.97 Å². The molecule has 0 radical (unpaired) electrons. The van der Waals surface area contributed by atoms with Crippen molar-refractivity contribution in [2.75, 3.05) is 27.4 Å². The number of allylic oxidation sites excluding steroid dienone is 3. The number of carbonyl (C=O) groups is 1. The van der Waals surface area contributed by atoms with E-state index in [9.17, 15) is 14.7 Å². The van der Waals surface area contributed by atoms with E-state index in [1.54, 1.807) is 13.2 Å². The van der Waals surface area contributed by atoms with Crippen LogP contribution in [0, 0.1) is 5.92 Å². The molecule has 1 N–H and O–H groups in total. The average Bonchev–Trinajstić information content (AvgIpc) is 2.69. The van der Waals surface area contributed by atoms with Crippen LogP contribution in [0.2, 0.25) is 0 Å². The second kappa shape index (κ2) is 10.1. The van der Waals surface area contributed by atoms with E-state index in [1.807, 2.05) is 10.6 Å². The minimum atomic E-state index is -1.22. The van der Waals surface area contributed by atoms with E-state index in [0.717, 1.165) is 18.4 Å². The zero-order valence-electron chi connectivity index (χ0n) is 17.4. The minimum absolute atomic E-state index is 0.104. The molecule has 158 valence electrons. The second-order valence-corrected chi connectivity index (χ2v) is 7.15. The van der Waals surface area contributed by atoms with Gasteiger partial charge in [-0.2, -0.15) is 0 Å². The third-order valence-electron chi connectivity index (χ3n) is 4.97. The van der Waals surface area contributed by atoms with E-state index in [0.29, 0.717) is 30.4 Å². The lowest BCUT2D eigenvalue weighted by molar-refractivity contribution is 0.0694. The Hall–Kier alpha value is -2.80. The molecular formula is C22H29NO6. The summed E-state index contributed by atoms with van der Waals surface area (Å²) in [6.07, 6.45) is 6.39. The molecule has 2 heterocycles. The van der Waals surface area contributed by atoms with Gasteiger partial charge < -0.3 is 23.9 Å². The first-order valence-corrected chi connectivity index (χ1v) is 9.56. The van der Waals surface area contributed by atoms with E-state index in [-0.39, 0.29) is 17.5 Å². The molecule has 29 heavy (non-hydrogen) atoms. The zero-order chi connectivity index (χ0) is 21.6. The molecule has 0 saturated carbocycles. The van der Waals surface area contributed by atoms with Gasteiger partial charge in [0.05, 0.1) is 13.7 Å². The Balaban J connectivity index is 2.58. The number of ether oxygens (including phenoxy) is 3. The number of hydrogen-bond donors (Lipinski definition) is 1. The van der Waals surface area contributed by atoms with Crippen molar-refractivity contribution in [3.05, 3.63) is 64.0 Å². The Morgan fingerprint density at radius 1 is 1.34 bits per heavy atom. The summed E-state index contributed by atoms with van der Waals surface area (Å²) in [5.41, 5.74) is 0.836. The summed E-state index contributed by atoms with van der Waals surface area (Å²) in [7, 11) is 3.13. The van der Waals surface area contributed by atoms with Gasteiger partial charge in [-0.05, 0) is 36.5 Å². The topological polar surface area (TPSA) is 87.0 Å². The maximum atomic E-state index is 12.4. The molecule has 0 bridgehead atoms. The number of aromatic nitrogens is 1. The molecule has 1 aliphatic heterocycles. The summed E-state index contributed by atoms with van der Waals surface area (Å²) in [4.78, 5) is 23.8. The first-order valence-electron chi connectivity index (χ1n) is 9.56. The van der Waals surface area contributed by atoms with Crippen molar-refractivity contribution in [2.24, 2.45) is 5.92 Å². The molecule has 7 nitrogen and oxygen atoms in total. The summed E-state index contributed by atoms with van der Waals surface area (Å²) in [6.45, 7) is 8.72. The summed E-state index contributed by atoms with van der Waals surface area (Å²) in [5, 5.41) is 9.36. The highest BCUT2D eigenvalue weighted by molar-refractivity contribution is 5.87. The van der Waals surface area contributed by atoms with Gasteiger partial charge in [-0.25, -0.2) is 4.79 Å². The van der Waals surface area contributed by atoms with Crippen molar-refractivity contribution >= 4 is 11.5 Å². The SMILES string of the molecule is C=C/C(OCCOC)=C(\C=C1/CCC(C(C)C)n2cc(C(=O)O)c(=O)cc21)OC. The minimum Gasteiger partial charge on any atom is -0.493 e. The zero-order valence-corrected chi connectivity index (χ0v) is 17.4. The Morgan fingerprint density at radius 2 is 2.07 bits per heavy atom. The molecule has 1 unspecified atom stereocenters. The maximum absolute atomic E-state index is 12.4. The third kappa shape index (κ3) is 5.17. The van der Waals surface area contributed by atoms with Crippen molar-refractivity contribution in [3.63, 3.8) is 0 Å². The van der Waals surface area contributed by atoms with Crippen molar-refractivity contribution in [3.8, 4) is 0 Å². The fraction of sp³-hybridized carbons (Fsp3) is 0.455. The van der Waals surface area contributed by atoms with Crippen molar-refractivity contribution in [2.45, 2.75) is 32.7 Å². The van der Waals surface area contributed by atoms with Crippen LogP contribution in [0.15, 0.2) is 47.3 Å². The van der Waals surface area contributed by atoms with Gasteiger partial charge in [0.15, 0.2) is 16.9 Å². The normalized spacial score (nSPS) is 18.2. The van der Waals surface area contributed by atoms with E-state index in [2.05, 4.69) is 20.4 Å². The Morgan fingerprint density at radius 3 is 2.62 bits per heavy atom. The molecule has 0 spiro atoms. The molecule has 1 aliphatic rings. The van der Waals surface area contributed by atoms with Crippen LogP contribution in [-0.4, -0.2) is 43.1 Å². The molecule has 0 aromatic carbocycles. The lowest BCUT2D eigenvalue weighted by Crippen LogP contribution is -2.27. The monoisotopic (exact) mass is 403 g/mol. The number of carboxylic acid groups (broad SMARTS) is 1. The molecule has 1 aromatic rings. The standard InChI is InChI=1S/C22H29NO6/c1-6-20(29-10-9-27-4)21(28-5)11-15-7-8-17(14(2)3)23-13-16(22(25)26)19(24)12-18(15)23/h6,11-14,17H,1,7-10H2,2-5H3,(H,25,26)/b15-11+,21-20-. The van der Waals surface area contributed by atoms with Crippen LogP contribution < -0.4 is 5.43 Å². The Labute approximate surface area is 170 Å². The van der Waals surface area contributed by atoms with Crippen molar-refractivity contribution < 1.29 is 24.1 Å². The summed E-state index contributed by atoms with van der Waals surface area (Å²) < 4.78 is 18.1. The number of nitrogens with zero attached hydrogens (tertiary/aromatic N) is 1. The molecule has 2 rings (SSSR count). The molecule has 0 saturated heterocycles. The number of hydrogen-bond acceptors (Lipinski definition) is 5. The van der Waals surface area contributed by atoms with Crippen molar-refractivity contribution in [1.82, 2.24) is 4.57 Å². The molecule has 1 aromatic heterocycles. The van der Waals surface area contributed by atoms with Crippen molar-refractivity contribution in [1.29, 1.82) is 0 Å². The Bertz CT molecular complexity index is 878. The Kier molecular flexibility index (Phi) is 7.84. The number of carboxylic acids is 1.